The monoisotopic (exact) mass is 546 g/mol. The van der Waals surface area contributed by atoms with Crippen LogP contribution in [-0.4, -0.2) is 60.7 Å². The number of rotatable bonds is 7. The molecule has 3 aromatic carbocycles. The molecule has 9 heteroatoms. The van der Waals surface area contributed by atoms with Crippen LogP contribution in [0.1, 0.15) is 49.9 Å². The van der Waals surface area contributed by atoms with E-state index in [1.807, 2.05) is 45.0 Å². The number of carbonyl (C=O) groups excluding carboxylic acids is 2. The average Bonchev–Trinajstić information content (AvgIpc) is 3.39. The van der Waals surface area contributed by atoms with Crippen molar-refractivity contribution in [3.63, 3.8) is 0 Å². The van der Waals surface area contributed by atoms with Crippen molar-refractivity contribution in [2.45, 2.75) is 51.4 Å². The number of ether oxygens (including phenoxy) is 2. The largest absolute Gasteiger partial charge is 0.495 e. The highest BCUT2D eigenvalue weighted by Crippen LogP contribution is 2.33. The third-order valence-electron chi connectivity index (χ3n) is 6.89. The lowest BCUT2D eigenvalue weighted by Crippen LogP contribution is -2.44. The van der Waals surface area contributed by atoms with E-state index in [4.69, 9.17) is 9.47 Å². The van der Waals surface area contributed by atoms with Gasteiger partial charge in [-0.25, -0.2) is 9.18 Å². The minimum absolute atomic E-state index is 0.169. The summed E-state index contributed by atoms with van der Waals surface area (Å²) in [5.41, 5.74) is 1.12. The van der Waals surface area contributed by atoms with Crippen LogP contribution >= 0.6 is 0 Å². The van der Waals surface area contributed by atoms with Gasteiger partial charge in [0.05, 0.1) is 12.7 Å². The molecule has 2 unspecified atom stereocenters. The molecule has 1 aliphatic heterocycles. The third-order valence-corrected chi connectivity index (χ3v) is 6.89. The van der Waals surface area contributed by atoms with Gasteiger partial charge in [0.1, 0.15) is 29.3 Å². The predicted molar refractivity (Wildman–Crippen MR) is 150 cm³/mol. The third kappa shape index (κ3) is 6.52. The number of nitrogens with one attached hydrogen (secondary N) is 1. The van der Waals surface area contributed by atoms with E-state index in [9.17, 15) is 19.2 Å². The molecule has 0 aromatic heterocycles. The second kappa shape index (κ2) is 11.9. The molecule has 2 amide bonds. The van der Waals surface area contributed by atoms with Gasteiger partial charge in [0.2, 0.25) is 5.91 Å². The van der Waals surface area contributed by atoms with Crippen molar-refractivity contribution in [2.24, 2.45) is 0 Å². The molecule has 0 aliphatic carbocycles. The maximum absolute atomic E-state index is 14.0. The number of amides is 2. The molecular weight excluding hydrogens is 511 g/mol. The van der Waals surface area contributed by atoms with E-state index in [1.54, 1.807) is 35.0 Å². The lowest BCUT2D eigenvalue weighted by Gasteiger charge is -2.29. The highest BCUT2D eigenvalue weighted by Gasteiger charge is 2.34. The lowest BCUT2D eigenvalue weighted by atomic mass is 9.98. The van der Waals surface area contributed by atoms with Crippen molar-refractivity contribution in [3.8, 4) is 11.8 Å². The van der Waals surface area contributed by atoms with Gasteiger partial charge in [0.25, 0.3) is 0 Å². The summed E-state index contributed by atoms with van der Waals surface area (Å²) < 4.78 is 24.9. The number of hydrogen-bond donors (Lipinski definition) is 1. The molecule has 4 rings (SSSR count). The number of likely N-dealkylation sites (tertiary alicyclic amines) is 1. The maximum atomic E-state index is 14.0. The van der Waals surface area contributed by atoms with E-state index in [2.05, 4.69) is 11.4 Å². The molecule has 0 bridgehead atoms. The topological polar surface area (TPSA) is 94.9 Å². The number of likely N-dealkylation sites (N-methyl/N-ethyl adjacent to an activating group) is 1. The zero-order valence-corrected chi connectivity index (χ0v) is 23.5. The van der Waals surface area contributed by atoms with E-state index >= 15 is 0 Å². The van der Waals surface area contributed by atoms with Crippen molar-refractivity contribution in [2.75, 3.05) is 27.2 Å². The first-order valence-corrected chi connectivity index (χ1v) is 13.2. The van der Waals surface area contributed by atoms with Gasteiger partial charge in [-0.1, -0.05) is 36.4 Å². The van der Waals surface area contributed by atoms with Crippen LogP contribution < -0.4 is 10.1 Å². The summed E-state index contributed by atoms with van der Waals surface area (Å²) in [5.74, 6) is -0.212. The Morgan fingerprint density at radius 3 is 2.55 bits per heavy atom. The fraction of sp³-hybridized carbons (Fsp3) is 0.387. The molecule has 210 valence electrons. The fourth-order valence-corrected chi connectivity index (χ4v) is 5.00. The molecule has 0 radical (unpaired) electrons. The van der Waals surface area contributed by atoms with Crippen molar-refractivity contribution in [1.82, 2.24) is 15.1 Å². The number of benzene rings is 3. The van der Waals surface area contributed by atoms with Gasteiger partial charge in [0.15, 0.2) is 0 Å². The summed E-state index contributed by atoms with van der Waals surface area (Å²) in [7, 11) is 3.20. The highest BCUT2D eigenvalue weighted by atomic mass is 19.1. The molecule has 1 aliphatic rings. The molecule has 1 N–H and O–H groups in total. The quantitative estimate of drug-likeness (QED) is 0.440. The average molecular weight is 547 g/mol. The van der Waals surface area contributed by atoms with Crippen molar-refractivity contribution in [1.29, 1.82) is 5.26 Å². The van der Waals surface area contributed by atoms with E-state index in [0.29, 0.717) is 36.4 Å². The Morgan fingerprint density at radius 1 is 1.20 bits per heavy atom. The first-order valence-electron chi connectivity index (χ1n) is 13.2. The predicted octanol–water partition coefficient (Wildman–Crippen LogP) is 5.16. The zero-order chi connectivity index (χ0) is 29.0. The molecule has 1 saturated heterocycles. The van der Waals surface area contributed by atoms with E-state index in [0.717, 1.165) is 16.3 Å². The van der Waals surface area contributed by atoms with Crippen LogP contribution in [0.15, 0.2) is 54.6 Å². The Kier molecular flexibility index (Phi) is 8.60. The van der Waals surface area contributed by atoms with Crippen molar-refractivity contribution < 1.29 is 23.5 Å². The van der Waals surface area contributed by atoms with Gasteiger partial charge in [-0.3, -0.25) is 10.1 Å². The summed E-state index contributed by atoms with van der Waals surface area (Å²) in [6.07, 6.45) is 0.242. The van der Waals surface area contributed by atoms with E-state index < -0.39 is 23.6 Å². The number of fused-ring (bicyclic) bond motifs is 1. The van der Waals surface area contributed by atoms with Crippen molar-refractivity contribution >= 4 is 22.8 Å². The first-order chi connectivity index (χ1) is 19.0. The highest BCUT2D eigenvalue weighted by molar-refractivity contribution is 5.91. The van der Waals surface area contributed by atoms with Crippen LogP contribution in [0.3, 0.4) is 0 Å². The summed E-state index contributed by atoms with van der Waals surface area (Å²) in [6, 6.07) is 16.5. The van der Waals surface area contributed by atoms with E-state index in [1.165, 1.54) is 19.2 Å². The second-order valence-corrected chi connectivity index (χ2v) is 11.0. The molecule has 2 atom stereocenters. The summed E-state index contributed by atoms with van der Waals surface area (Å²) in [5, 5.41) is 14.9. The van der Waals surface area contributed by atoms with Crippen LogP contribution in [0.2, 0.25) is 0 Å². The second-order valence-electron chi connectivity index (χ2n) is 11.0. The number of hydrogen-bond acceptors (Lipinski definition) is 6. The molecule has 40 heavy (non-hydrogen) atoms. The Morgan fingerprint density at radius 2 is 1.90 bits per heavy atom. The summed E-state index contributed by atoms with van der Waals surface area (Å²) in [6.45, 7) is 6.52. The smallest absolute Gasteiger partial charge is 0.410 e. The molecule has 8 nitrogen and oxygen atoms in total. The number of nitriles is 1. The summed E-state index contributed by atoms with van der Waals surface area (Å²) in [4.78, 5) is 29.8. The zero-order valence-electron chi connectivity index (χ0n) is 23.5. The Balaban J connectivity index is 1.60. The number of carbonyl (C=O) groups is 2. The van der Waals surface area contributed by atoms with Crippen molar-refractivity contribution in [3.05, 3.63) is 77.1 Å². The SMILES string of the molecule is COc1c(C#N)cc2ccccc2c1CN(C)C(=O)C(NC1CCN(C(=O)OC(C)(C)C)C1)c1ccc(F)cc1. The molecule has 3 aromatic rings. The molecule has 0 spiro atoms. The van der Waals surface area contributed by atoms with Gasteiger partial charge < -0.3 is 19.3 Å². The number of methoxy groups -OCH3 is 1. The van der Waals surface area contributed by atoms with Gasteiger partial charge in [-0.2, -0.15) is 5.26 Å². The van der Waals surface area contributed by atoms with Crippen LogP contribution in [0, 0.1) is 17.1 Å². The minimum atomic E-state index is -0.786. The molecule has 0 saturated carbocycles. The Hall–Kier alpha value is -4.16. The Bertz CT molecular complexity index is 1430. The maximum Gasteiger partial charge on any atom is 0.410 e. The summed E-state index contributed by atoms with van der Waals surface area (Å²) >= 11 is 0. The van der Waals surface area contributed by atoms with Gasteiger partial charge in [-0.05, 0) is 61.7 Å². The Labute approximate surface area is 234 Å². The molecular formula is C31H35FN4O4. The van der Waals surface area contributed by atoms with E-state index in [-0.39, 0.29) is 18.5 Å². The standard InChI is InChI=1S/C31H35FN4O4/c1-31(2,3)40-30(38)36-15-14-24(18-36)34-27(20-10-12-23(32)13-11-20)29(37)35(4)19-26-25-9-7-6-8-21(25)16-22(17-33)28(26)39-5/h6-13,16,24,27,34H,14-15,18-19H2,1-5H3. The lowest BCUT2D eigenvalue weighted by molar-refractivity contribution is -0.133. The van der Waals surface area contributed by atoms with Crippen LogP contribution in [0.5, 0.6) is 5.75 Å². The van der Waals surface area contributed by atoms with Gasteiger partial charge in [0, 0.05) is 38.3 Å². The van der Waals surface area contributed by atoms with Gasteiger partial charge in [-0.15, -0.1) is 0 Å². The van der Waals surface area contributed by atoms with Crippen LogP contribution in [-0.2, 0) is 16.1 Å². The molecule has 1 heterocycles. The minimum Gasteiger partial charge on any atom is -0.495 e. The number of halogens is 1. The van der Waals surface area contributed by atoms with Crippen LogP contribution in [0.4, 0.5) is 9.18 Å². The van der Waals surface area contributed by atoms with Gasteiger partial charge >= 0.3 is 6.09 Å². The van der Waals surface area contributed by atoms with Crippen LogP contribution in [0.25, 0.3) is 10.8 Å². The molecule has 1 fully saturated rings. The normalized spacial score (nSPS) is 15.9. The fourth-order valence-electron chi connectivity index (χ4n) is 5.00. The first kappa shape index (κ1) is 28.8. The number of nitrogens with zero attached hydrogens (tertiary/aromatic N) is 3.